The molecule has 4 nitrogen and oxygen atoms in total. The molecule has 4 heteroatoms. The Morgan fingerprint density at radius 1 is 1.44 bits per heavy atom. The fourth-order valence-electron chi connectivity index (χ4n) is 1.57. The average molecular weight is 248 g/mol. The smallest absolute Gasteiger partial charge is 0.334 e. The lowest BCUT2D eigenvalue weighted by molar-refractivity contribution is -0.138. The minimum absolute atomic E-state index is 0.322. The third-order valence-corrected chi connectivity index (χ3v) is 2.54. The number of rotatable bonds is 7. The molecule has 1 aromatic heterocycles. The highest BCUT2D eigenvalue weighted by atomic mass is 16.5. The molecule has 0 aromatic carbocycles. The van der Waals surface area contributed by atoms with Crippen LogP contribution in [0.25, 0.3) is 0 Å². The molecule has 0 aliphatic heterocycles. The first-order chi connectivity index (χ1) is 8.67. The number of carbonyl (C=O) groups is 1. The van der Waals surface area contributed by atoms with E-state index in [1.807, 2.05) is 25.1 Å². The minimum Gasteiger partial charge on any atom is -0.463 e. The molecule has 0 spiro atoms. The van der Waals surface area contributed by atoms with Gasteiger partial charge in [0.05, 0.1) is 12.3 Å². The lowest BCUT2D eigenvalue weighted by atomic mass is 10.2. The van der Waals surface area contributed by atoms with Crippen LogP contribution in [-0.4, -0.2) is 35.5 Å². The highest BCUT2D eigenvalue weighted by molar-refractivity contribution is 5.88. The maximum absolute atomic E-state index is 11.5. The van der Waals surface area contributed by atoms with E-state index in [4.69, 9.17) is 4.74 Å². The van der Waals surface area contributed by atoms with Crippen LogP contribution < -0.4 is 0 Å². The summed E-state index contributed by atoms with van der Waals surface area (Å²) in [5, 5.41) is 0. The lowest BCUT2D eigenvalue weighted by Gasteiger charge is -2.20. The summed E-state index contributed by atoms with van der Waals surface area (Å²) >= 11 is 0. The molecule has 0 aliphatic carbocycles. The summed E-state index contributed by atoms with van der Waals surface area (Å²) in [5.74, 6) is -0.322. The summed E-state index contributed by atoms with van der Waals surface area (Å²) in [4.78, 5) is 17.8. The second-order valence-corrected chi connectivity index (χ2v) is 3.95. The summed E-state index contributed by atoms with van der Waals surface area (Å²) in [6, 6.07) is 5.81. The van der Waals surface area contributed by atoms with Crippen LogP contribution in [0.4, 0.5) is 0 Å². The first kappa shape index (κ1) is 14.4. The summed E-state index contributed by atoms with van der Waals surface area (Å²) in [6.07, 6.45) is 1.77. The number of nitrogens with zero attached hydrogens (tertiary/aromatic N) is 2. The van der Waals surface area contributed by atoms with E-state index < -0.39 is 0 Å². The monoisotopic (exact) mass is 248 g/mol. The van der Waals surface area contributed by atoms with Gasteiger partial charge < -0.3 is 4.74 Å². The third-order valence-electron chi connectivity index (χ3n) is 2.54. The Kier molecular flexibility index (Phi) is 6.08. The molecule has 0 amide bonds. The van der Waals surface area contributed by atoms with Crippen LogP contribution in [0.1, 0.15) is 19.5 Å². The van der Waals surface area contributed by atoms with Gasteiger partial charge in [-0.1, -0.05) is 19.6 Å². The Hall–Kier alpha value is -1.68. The molecule has 98 valence electrons. The van der Waals surface area contributed by atoms with E-state index >= 15 is 0 Å². The van der Waals surface area contributed by atoms with Crippen LogP contribution in [0.5, 0.6) is 0 Å². The largest absolute Gasteiger partial charge is 0.463 e. The number of hydrogen-bond donors (Lipinski definition) is 0. The maximum atomic E-state index is 11.5. The molecule has 0 radical (unpaired) electrons. The van der Waals surface area contributed by atoms with Crippen molar-refractivity contribution in [3.63, 3.8) is 0 Å². The van der Waals surface area contributed by atoms with Gasteiger partial charge in [-0.2, -0.15) is 0 Å². The molecule has 1 aromatic rings. The minimum atomic E-state index is -0.322. The second-order valence-electron chi connectivity index (χ2n) is 3.95. The molecule has 0 aliphatic rings. The van der Waals surface area contributed by atoms with Crippen molar-refractivity contribution < 1.29 is 9.53 Å². The van der Waals surface area contributed by atoms with Gasteiger partial charge in [-0.15, -0.1) is 0 Å². The van der Waals surface area contributed by atoms with Gasteiger partial charge in [-0.3, -0.25) is 9.88 Å². The van der Waals surface area contributed by atoms with E-state index in [0.29, 0.717) is 25.3 Å². The number of ether oxygens (including phenoxy) is 1. The molecule has 18 heavy (non-hydrogen) atoms. The van der Waals surface area contributed by atoms with Gasteiger partial charge in [0, 0.05) is 24.9 Å². The van der Waals surface area contributed by atoms with Crippen molar-refractivity contribution in [1.29, 1.82) is 0 Å². The zero-order chi connectivity index (χ0) is 13.4. The van der Waals surface area contributed by atoms with Crippen LogP contribution >= 0.6 is 0 Å². The number of pyridine rings is 1. The fraction of sp³-hybridized carbons (Fsp3) is 0.429. The van der Waals surface area contributed by atoms with Crippen LogP contribution in [-0.2, 0) is 16.1 Å². The molecular formula is C14H20N2O2. The highest BCUT2D eigenvalue weighted by Gasteiger charge is 2.12. The van der Waals surface area contributed by atoms with Gasteiger partial charge in [-0.25, -0.2) is 4.79 Å². The van der Waals surface area contributed by atoms with Gasteiger partial charge in [0.25, 0.3) is 0 Å². The normalized spacial score (nSPS) is 10.4. The van der Waals surface area contributed by atoms with Gasteiger partial charge in [0.15, 0.2) is 0 Å². The first-order valence-electron chi connectivity index (χ1n) is 6.14. The van der Waals surface area contributed by atoms with E-state index in [9.17, 15) is 4.79 Å². The average Bonchev–Trinajstić information content (AvgIpc) is 2.39. The molecule has 0 saturated heterocycles. The summed E-state index contributed by atoms with van der Waals surface area (Å²) in [6.45, 7) is 10.0. The van der Waals surface area contributed by atoms with E-state index in [1.54, 1.807) is 13.1 Å². The Balaban J connectivity index is 2.52. The van der Waals surface area contributed by atoms with E-state index in [0.717, 1.165) is 12.2 Å². The number of carbonyl (C=O) groups excluding carboxylic acids is 1. The summed E-state index contributed by atoms with van der Waals surface area (Å²) in [7, 11) is 0. The molecule has 0 bridgehead atoms. The summed E-state index contributed by atoms with van der Waals surface area (Å²) < 4.78 is 4.92. The maximum Gasteiger partial charge on any atom is 0.334 e. The van der Waals surface area contributed by atoms with Crippen LogP contribution in [0.2, 0.25) is 0 Å². The molecular weight excluding hydrogens is 228 g/mol. The fourth-order valence-corrected chi connectivity index (χ4v) is 1.57. The molecule has 0 fully saturated rings. The Labute approximate surface area is 108 Å². The predicted molar refractivity (Wildman–Crippen MR) is 71.0 cm³/mol. The SMILES string of the molecule is C=C(CN(CC)Cc1ccccn1)C(=O)OCC. The number of hydrogen-bond acceptors (Lipinski definition) is 4. The molecule has 1 heterocycles. The number of esters is 1. The first-order valence-corrected chi connectivity index (χ1v) is 6.14. The second kappa shape index (κ2) is 7.61. The van der Waals surface area contributed by atoms with E-state index in [-0.39, 0.29) is 5.97 Å². The molecule has 0 saturated carbocycles. The van der Waals surface area contributed by atoms with Crippen molar-refractivity contribution >= 4 is 5.97 Å². The number of likely N-dealkylation sites (N-methyl/N-ethyl adjacent to an activating group) is 1. The van der Waals surface area contributed by atoms with Crippen molar-refractivity contribution in [3.8, 4) is 0 Å². The molecule has 0 unspecified atom stereocenters. The van der Waals surface area contributed by atoms with E-state index in [2.05, 4.69) is 16.5 Å². The zero-order valence-electron chi connectivity index (χ0n) is 11.1. The molecule has 1 rings (SSSR count). The quantitative estimate of drug-likeness (QED) is 0.547. The van der Waals surface area contributed by atoms with Crippen molar-refractivity contribution in [1.82, 2.24) is 9.88 Å². The zero-order valence-corrected chi connectivity index (χ0v) is 11.1. The van der Waals surface area contributed by atoms with Gasteiger partial charge >= 0.3 is 5.97 Å². The van der Waals surface area contributed by atoms with Crippen molar-refractivity contribution in [2.75, 3.05) is 19.7 Å². The van der Waals surface area contributed by atoms with Crippen LogP contribution in [0.15, 0.2) is 36.5 Å². The highest BCUT2D eigenvalue weighted by Crippen LogP contribution is 2.05. The Morgan fingerprint density at radius 3 is 2.78 bits per heavy atom. The standard InChI is InChI=1S/C14H20N2O2/c1-4-16(10-12(3)14(17)18-5-2)11-13-8-6-7-9-15-13/h6-9H,3-5,10-11H2,1-2H3. The predicted octanol–water partition coefficient (Wildman–Crippen LogP) is 2.02. The van der Waals surface area contributed by atoms with Crippen LogP contribution in [0.3, 0.4) is 0 Å². The third kappa shape index (κ3) is 4.67. The van der Waals surface area contributed by atoms with Crippen molar-refractivity contribution in [2.24, 2.45) is 0 Å². The van der Waals surface area contributed by atoms with Crippen molar-refractivity contribution in [3.05, 3.63) is 42.2 Å². The van der Waals surface area contributed by atoms with Gasteiger partial charge in [-0.05, 0) is 25.6 Å². The summed E-state index contributed by atoms with van der Waals surface area (Å²) in [5.41, 5.74) is 1.46. The van der Waals surface area contributed by atoms with Crippen molar-refractivity contribution in [2.45, 2.75) is 20.4 Å². The molecule has 0 atom stereocenters. The molecule has 0 N–H and O–H groups in total. The Bertz CT molecular complexity index is 390. The Morgan fingerprint density at radius 2 is 2.22 bits per heavy atom. The van der Waals surface area contributed by atoms with E-state index in [1.165, 1.54) is 0 Å². The van der Waals surface area contributed by atoms with Crippen LogP contribution in [0, 0.1) is 0 Å². The lowest BCUT2D eigenvalue weighted by Crippen LogP contribution is -2.28. The number of aromatic nitrogens is 1. The van der Waals surface area contributed by atoms with Gasteiger partial charge in [0.2, 0.25) is 0 Å². The van der Waals surface area contributed by atoms with Gasteiger partial charge in [0.1, 0.15) is 0 Å². The topological polar surface area (TPSA) is 42.4 Å².